The van der Waals surface area contributed by atoms with Crippen LogP contribution in [0.5, 0.6) is 17.2 Å². The Morgan fingerprint density at radius 3 is 2.77 bits per heavy atom. The zero-order valence-electron chi connectivity index (χ0n) is 17.9. The van der Waals surface area contributed by atoms with Crippen molar-refractivity contribution < 1.29 is 32.2 Å². The summed E-state index contributed by atoms with van der Waals surface area (Å²) in [5.41, 5.74) is 0.417. The molecule has 2 amide bonds. The second-order valence-corrected chi connectivity index (χ2v) is 8.52. The monoisotopic (exact) mass is 482 g/mol. The number of aromatic nitrogens is 2. The first-order valence-corrected chi connectivity index (χ1v) is 10.9. The number of amides is 2. The number of rotatable bonds is 4. The molecule has 3 unspecified atom stereocenters. The summed E-state index contributed by atoms with van der Waals surface area (Å²) in [6.07, 6.45) is -1.55. The minimum atomic E-state index is -4.63. The molecule has 0 saturated heterocycles. The summed E-state index contributed by atoms with van der Waals surface area (Å²) >= 11 is 0. The van der Waals surface area contributed by atoms with Crippen LogP contribution in [0.15, 0.2) is 48.8 Å². The summed E-state index contributed by atoms with van der Waals surface area (Å²) in [5.74, 6) is 1.45. The van der Waals surface area contributed by atoms with Crippen molar-refractivity contribution in [3.63, 3.8) is 0 Å². The van der Waals surface area contributed by atoms with Crippen LogP contribution in [-0.2, 0) is 17.4 Å². The highest BCUT2D eigenvalue weighted by Crippen LogP contribution is 2.54. The van der Waals surface area contributed by atoms with Crippen LogP contribution in [0.1, 0.15) is 39.5 Å². The molecule has 1 aliphatic carbocycles. The quantitative estimate of drug-likeness (QED) is 0.586. The molecular formula is C24H17F3N4O4. The Kier molecular flexibility index (Phi) is 4.70. The van der Waals surface area contributed by atoms with Crippen LogP contribution in [0.25, 0.3) is 0 Å². The first-order chi connectivity index (χ1) is 16.8. The van der Waals surface area contributed by atoms with Gasteiger partial charge in [-0.3, -0.25) is 14.6 Å². The standard InChI is InChI=1S/C24H17F3N4O4/c25-24(26,27)17-9-11(5-7-28-17)23(33)31-20-19-14-10-12(1-3-15(14)35-21(19)20)34-16-6-8-29-22-13(16)2-4-18(32)30-22/h1,3,5-10,19-21H,2,4H2,(H,31,33)(H,29,30,32). The minimum Gasteiger partial charge on any atom is -0.487 e. The molecule has 4 heterocycles. The van der Waals surface area contributed by atoms with Gasteiger partial charge in [0.1, 0.15) is 34.9 Å². The molecule has 0 bridgehead atoms. The number of nitrogens with one attached hydrogen (secondary N) is 2. The van der Waals surface area contributed by atoms with Gasteiger partial charge in [0.25, 0.3) is 5.91 Å². The van der Waals surface area contributed by atoms with Gasteiger partial charge >= 0.3 is 6.18 Å². The Balaban J connectivity index is 1.18. The molecular weight excluding hydrogens is 465 g/mol. The van der Waals surface area contributed by atoms with Crippen LogP contribution in [-0.4, -0.2) is 33.9 Å². The zero-order valence-corrected chi connectivity index (χ0v) is 17.9. The van der Waals surface area contributed by atoms with Crippen LogP contribution in [0.2, 0.25) is 0 Å². The average Bonchev–Trinajstić information content (AvgIpc) is 3.35. The number of benzene rings is 1. The number of nitrogens with zero attached hydrogens (tertiary/aromatic N) is 2. The number of halogens is 3. The third-order valence-corrected chi connectivity index (χ3v) is 6.27. The maximum atomic E-state index is 12.9. The van der Waals surface area contributed by atoms with Crippen molar-refractivity contribution in [3.05, 3.63) is 71.2 Å². The number of anilines is 1. The van der Waals surface area contributed by atoms with Gasteiger partial charge in [0, 0.05) is 35.5 Å². The lowest BCUT2D eigenvalue weighted by Crippen LogP contribution is -2.30. The van der Waals surface area contributed by atoms with Gasteiger partial charge in [-0.25, -0.2) is 4.98 Å². The summed E-state index contributed by atoms with van der Waals surface area (Å²) in [4.78, 5) is 31.7. The van der Waals surface area contributed by atoms with E-state index in [1.54, 1.807) is 24.4 Å². The SMILES string of the molecule is O=C1CCc2c(Oc3ccc4c(c3)C3C(NC(=O)c5ccnc(C(F)(F)F)c5)C3O4)ccnc2N1. The summed E-state index contributed by atoms with van der Waals surface area (Å²) in [7, 11) is 0. The van der Waals surface area contributed by atoms with Crippen molar-refractivity contribution in [2.24, 2.45) is 0 Å². The van der Waals surface area contributed by atoms with E-state index in [0.717, 1.165) is 23.4 Å². The molecule has 2 aromatic heterocycles. The van der Waals surface area contributed by atoms with Crippen molar-refractivity contribution >= 4 is 17.6 Å². The van der Waals surface area contributed by atoms with E-state index in [1.165, 1.54) is 6.07 Å². The van der Waals surface area contributed by atoms with E-state index >= 15 is 0 Å². The maximum absolute atomic E-state index is 12.9. The van der Waals surface area contributed by atoms with Crippen molar-refractivity contribution in [2.45, 2.75) is 37.1 Å². The Labute approximate surface area is 196 Å². The number of hydrogen-bond donors (Lipinski definition) is 2. The molecule has 0 radical (unpaired) electrons. The molecule has 3 aliphatic rings. The van der Waals surface area contributed by atoms with E-state index in [1.807, 2.05) is 6.07 Å². The van der Waals surface area contributed by atoms with Gasteiger partial charge in [-0.15, -0.1) is 0 Å². The van der Waals surface area contributed by atoms with Gasteiger partial charge in [-0.05, 0) is 42.8 Å². The van der Waals surface area contributed by atoms with Crippen molar-refractivity contribution in [1.29, 1.82) is 0 Å². The van der Waals surface area contributed by atoms with Crippen molar-refractivity contribution in [2.75, 3.05) is 5.32 Å². The molecule has 0 spiro atoms. The number of alkyl halides is 3. The highest BCUT2D eigenvalue weighted by atomic mass is 19.4. The maximum Gasteiger partial charge on any atom is 0.433 e. The fraction of sp³-hybridized carbons (Fsp3) is 0.250. The second kappa shape index (κ2) is 7.69. The molecule has 1 saturated carbocycles. The number of fused-ring (bicyclic) bond motifs is 4. The Morgan fingerprint density at radius 1 is 1.11 bits per heavy atom. The normalized spacial score (nSPS) is 21.7. The third kappa shape index (κ3) is 3.82. The summed E-state index contributed by atoms with van der Waals surface area (Å²) in [6, 6.07) is 8.70. The van der Waals surface area contributed by atoms with Crippen LogP contribution >= 0.6 is 0 Å². The molecule has 6 rings (SSSR count). The van der Waals surface area contributed by atoms with Crippen LogP contribution in [0.4, 0.5) is 19.0 Å². The van der Waals surface area contributed by atoms with Gasteiger partial charge in [0.2, 0.25) is 5.91 Å². The largest absolute Gasteiger partial charge is 0.487 e. The molecule has 1 fully saturated rings. The van der Waals surface area contributed by atoms with Crippen molar-refractivity contribution in [3.8, 4) is 17.2 Å². The number of carbonyl (C=O) groups is 2. The highest BCUT2D eigenvalue weighted by Gasteiger charge is 2.59. The summed E-state index contributed by atoms with van der Waals surface area (Å²) < 4.78 is 50.7. The van der Waals surface area contributed by atoms with E-state index in [4.69, 9.17) is 9.47 Å². The van der Waals surface area contributed by atoms with Crippen molar-refractivity contribution in [1.82, 2.24) is 15.3 Å². The number of pyridine rings is 2. The van der Waals surface area contributed by atoms with Gasteiger partial charge in [-0.1, -0.05) is 0 Å². The molecule has 11 heteroatoms. The van der Waals surface area contributed by atoms with Gasteiger partial charge < -0.3 is 20.1 Å². The van der Waals surface area contributed by atoms with Gasteiger partial charge in [-0.2, -0.15) is 13.2 Å². The van der Waals surface area contributed by atoms with Crippen LogP contribution in [0.3, 0.4) is 0 Å². The number of carbonyl (C=O) groups excluding carboxylic acids is 2. The highest BCUT2D eigenvalue weighted by molar-refractivity contribution is 5.95. The zero-order chi connectivity index (χ0) is 24.3. The van der Waals surface area contributed by atoms with Gasteiger partial charge in [0.15, 0.2) is 0 Å². The lowest BCUT2D eigenvalue weighted by Gasteiger charge is -2.19. The van der Waals surface area contributed by atoms with Crippen LogP contribution < -0.4 is 20.1 Å². The van der Waals surface area contributed by atoms with E-state index in [9.17, 15) is 22.8 Å². The number of hydrogen-bond acceptors (Lipinski definition) is 6. The lowest BCUT2D eigenvalue weighted by atomic mass is 10.1. The third-order valence-electron chi connectivity index (χ3n) is 6.27. The second-order valence-electron chi connectivity index (χ2n) is 8.52. The lowest BCUT2D eigenvalue weighted by molar-refractivity contribution is -0.141. The topological polar surface area (TPSA) is 102 Å². The summed E-state index contributed by atoms with van der Waals surface area (Å²) in [6.45, 7) is 0. The molecule has 2 N–H and O–H groups in total. The van der Waals surface area contributed by atoms with E-state index in [0.29, 0.717) is 35.9 Å². The Hall–Kier alpha value is -4.15. The molecule has 178 valence electrons. The molecule has 1 aromatic carbocycles. The van der Waals surface area contributed by atoms with Crippen LogP contribution in [0, 0.1) is 0 Å². The first-order valence-electron chi connectivity index (χ1n) is 10.9. The van der Waals surface area contributed by atoms with Gasteiger partial charge in [0.05, 0.1) is 12.0 Å². The average molecular weight is 482 g/mol. The fourth-order valence-electron chi connectivity index (χ4n) is 4.52. The Morgan fingerprint density at radius 2 is 1.94 bits per heavy atom. The summed E-state index contributed by atoms with van der Waals surface area (Å²) in [5, 5.41) is 5.49. The molecule has 2 aliphatic heterocycles. The molecule has 3 aromatic rings. The van der Waals surface area contributed by atoms with E-state index < -0.39 is 17.8 Å². The molecule has 8 nitrogen and oxygen atoms in total. The minimum absolute atomic E-state index is 0.0916. The smallest absolute Gasteiger partial charge is 0.433 e. The molecule has 3 atom stereocenters. The predicted octanol–water partition coefficient (Wildman–Crippen LogP) is 3.83. The first kappa shape index (κ1) is 21.4. The number of ether oxygens (including phenoxy) is 2. The molecule has 35 heavy (non-hydrogen) atoms. The fourth-order valence-corrected chi connectivity index (χ4v) is 4.52. The Bertz CT molecular complexity index is 1380. The predicted molar refractivity (Wildman–Crippen MR) is 115 cm³/mol. The van der Waals surface area contributed by atoms with E-state index in [-0.39, 0.29) is 29.5 Å². The van der Waals surface area contributed by atoms with E-state index in [2.05, 4.69) is 20.6 Å².